The Hall–Kier alpha value is -1.41. The van der Waals surface area contributed by atoms with Crippen LogP contribution in [0.2, 0.25) is 0 Å². The molecule has 1 N–H and O–H groups in total. The summed E-state index contributed by atoms with van der Waals surface area (Å²) < 4.78 is 22.9. The summed E-state index contributed by atoms with van der Waals surface area (Å²) >= 11 is 1.46. The fourth-order valence-electron chi connectivity index (χ4n) is 2.40. The van der Waals surface area contributed by atoms with Gasteiger partial charge in [0.1, 0.15) is 0 Å². The Morgan fingerprint density at radius 3 is 2.82 bits per heavy atom. The van der Waals surface area contributed by atoms with Gasteiger partial charge in [-0.3, -0.25) is 9.59 Å². The number of nitrogens with zero attached hydrogens (tertiary/aromatic N) is 1. The first kappa shape index (κ1) is 17.0. The van der Waals surface area contributed by atoms with Crippen LogP contribution in [-0.4, -0.2) is 56.3 Å². The topological polar surface area (TPSA) is 83.6 Å². The molecule has 0 bridgehead atoms. The van der Waals surface area contributed by atoms with E-state index in [0.717, 1.165) is 0 Å². The van der Waals surface area contributed by atoms with Gasteiger partial charge in [0.15, 0.2) is 9.84 Å². The summed E-state index contributed by atoms with van der Waals surface area (Å²) in [5, 5.41) is 6.37. The van der Waals surface area contributed by atoms with Crippen molar-refractivity contribution in [1.29, 1.82) is 0 Å². The highest BCUT2D eigenvalue weighted by molar-refractivity contribution is 7.91. The van der Waals surface area contributed by atoms with Crippen molar-refractivity contribution < 1.29 is 18.0 Å². The monoisotopic (exact) mass is 344 g/mol. The van der Waals surface area contributed by atoms with E-state index in [2.05, 4.69) is 5.32 Å². The molecule has 1 aromatic rings. The summed E-state index contributed by atoms with van der Waals surface area (Å²) in [7, 11) is -1.33. The van der Waals surface area contributed by atoms with Gasteiger partial charge < -0.3 is 10.2 Å². The maximum absolute atomic E-state index is 12.0. The van der Waals surface area contributed by atoms with Crippen molar-refractivity contribution in [3.8, 4) is 0 Å². The number of amides is 2. The quantitative estimate of drug-likeness (QED) is 0.777. The van der Waals surface area contributed by atoms with Gasteiger partial charge in [-0.1, -0.05) is 0 Å². The Morgan fingerprint density at radius 1 is 1.45 bits per heavy atom. The molecule has 0 aromatic carbocycles. The molecular formula is C14H20N2O4S2. The maximum atomic E-state index is 12.0. The van der Waals surface area contributed by atoms with E-state index in [0.29, 0.717) is 31.4 Å². The summed E-state index contributed by atoms with van der Waals surface area (Å²) in [4.78, 5) is 25.3. The molecule has 1 aliphatic heterocycles. The number of thiophene rings is 1. The van der Waals surface area contributed by atoms with E-state index in [9.17, 15) is 18.0 Å². The average molecular weight is 344 g/mol. The second-order valence-corrected chi connectivity index (χ2v) is 8.44. The van der Waals surface area contributed by atoms with E-state index in [1.165, 1.54) is 16.2 Å². The van der Waals surface area contributed by atoms with Crippen LogP contribution in [0.1, 0.15) is 29.6 Å². The van der Waals surface area contributed by atoms with E-state index < -0.39 is 9.84 Å². The zero-order valence-corrected chi connectivity index (χ0v) is 14.1. The molecule has 0 radical (unpaired) electrons. The van der Waals surface area contributed by atoms with Crippen LogP contribution in [0.15, 0.2) is 16.8 Å². The summed E-state index contributed by atoms with van der Waals surface area (Å²) in [6.45, 7) is 0.428. The molecule has 1 aliphatic rings. The number of nitrogens with one attached hydrogen (secondary N) is 1. The molecule has 1 atom stereocenters. The SMILES string of the molecule is CN(C(=O)CCCNC(=O)c1ccsc1)C1CCS(=O)(=O)C1. The molecule has 122 valence electrons. The number of hydrogen-bond acceptors (Lipinski definition) is 5. The van der Waals surface area contributed by atoms with Crippen LogP contribution in [-0.2, 0) is 14.6 Å². The molecule has 1 unspecified atom stereocenters. The van der Waals surface area contributed by atoms with Crippen LogP contribution in [0.5, 0.6) is 0 Å². The Labute approximate surface area is 134 Å². The third-order valence-corrected chi connectivity index (χ3v) is 6.22. The van der Waals surface area contributed by atoms with Crippen LogP contribution >= 0.6 is 11.3 Å². The lowest BCUT2D eigenvalue weighted by Gasteiger charge is -2.23. The third-order valence-electron chi connectivity index (χ3n) is 3.79. The molecule has 1 aromatic heterocycles. The van der Waals surface area contributed by atoms with Crippen molar-refractivity contribution in [2.45, 2.75) is 25.3 Å². The number of rotatable bonds is 6. The lowest BCUT2D eigenvalue weighted by atomic mass is 10.2. The smallest absolute Gasteiger partial charge is 0.252 e. The number of carbonyl (C=O) groups is 2. The van der Waals surface area contributed by atoms with Crippen LogP contribution in [0.25, 0.3) is 0 Å². The average Bonchev–Trinajstić information content (AvgIpc) is 3.11. The van der Waals surface area contributed by atoms with Crippen molar-refractivity contribution in [2.24, 2.45) is 0 Å². The van der Waals surface area contributed by atoms with Gasteiger partial charge in [-0.15, -0.1) is 0 Å². The minimum absolute atomic E-state index is 0.0597. The molecule has 8 heteroatoms. The molecule has 2 heterocycles. The molecule has 2 amide bonds. The molecule has 6 nitrogen and oxygen atoms in total. The summed E-state index contributed by atoms with van der Waals surface area (Å²) in [5.74, 6) is 0.00617. The Kier molecular flexibility index (Phi) is 5.57. The molecule has 0 saturated carbocycles. The normalized spacial score (nSPS) is 19.8. The van der Waals surface area contributed by atoms with Crippen LogP contribution in [0.3, 0.4) is 0 Å². The lowest BCUT2D eigenvalue weighted by molar-refractivity contribution is -0.131. The molecule has 0 spiro atoms. The van der Waals surface area contributed by atoms with Crippen LogP contribution in [0, 0.1) is 0 Å². The lowest BCUT2D eigenvalue weighted by Crippen LogP contribution is -2.38. The van der Waals surface area contributed by atoms with E-state index in [1.807, 2.05) is 5.38 Å². The first-order chi connectivity index (χ1) is 10.4. The predicted molar refractivity (Wildman–Crippen MR) is 85.7 cm³/mol. The zero-order valence-electron chi connectivity index (χ0n) is 12.4. The summed E-state index contributed by atoms with van der Waals surface area (Å²) in [6.07, 6.45) is 1.36. The van der Waals surface area contributed by atoms with Crippen molar-refractivity contribution in [3.05, 3.63) is 22.4 Å². The van der Waals surface area contributed by atoms with Crippen LogP contribution < -0.4 is 5.32 Å². The molecular weight excluding hydrogens is 324 g/mol. The fraction of sp³-hybridized carbons (Fsp3) is 0.571. The van der Waals surface area contributed by atoms with Gasteiger partial charge in [-0.2, -0.15) is 11.3 Å². The van der Waals surface area contributed by atoms with Crippen molar-refractivity contribution in [2.75, 3.05) is 25.1 Å². The molecule has 1 saturated heterocycles. The minimum atomic E-state index is -2.99. The third kappa shape index (κ3) is 4.54. The highest BCUT2D eigenvalue weighted by Crippen LogP contribution is 2.17. The molecule has 0 aliphatic carbocycles. The van der Waals surface area contributed by atoms with Gasteiger partial charge in [-0.25, -0.2) is 8.42 Å². The van der Waals surface area contributed by atoms with Crippen molar-refractivity contribution >= 4 is 33.0 Å². The van der Waals surface area contributed by atoms with Gasteiger partial charge >= 0.3 is 0 Å². The van der Waals surface area contributed by atoms with Gasteiger partial charge in [0.2, 0.25) is 5.91 Å². The van der Waals surface area contributed by atoms with Crippen molar-refractivity contribution in [1.82, 2.24) is 10.2 Å². The first-order valence-electron chi connectivity index (χ1n) is 7.15. The minimum Gasteiger partial charge on any atom is -0.352 e. The standard InChI is InChI=1S/C14H20N2O4S2/c1-16(12-5-8-22(19,20)10-12)13(17)3-2-6-15-14(18)11-4-7-21-9-11/h4,7,9,12H,2-3,5-6,8,10H2,1H3,(H,15,18). The number of hydrogen-bond donors (Lipinski definition) is 1. The molecule has 22 heavy (non-hydrogen) atoms. The van der Waals surface area contributed by atoms with Crippen molar-refractivity contribution in [3.63, 3.8) is 0 Å². The largest absolute Gasteiger partial charge is 0.352 e. The Balaban J connectivity index is 1.68. The van der Waals surface area contributed by atoms with E-state index in [-0.39, 0.29) is 29.4 Å². The second-order valence-electron chi connectivity index (χ2n) is 5.43. The zero-order chi connectivity index (χ0) is 16.2. The Bertz CT molecular complexity index is 625. The van der Waals surface area contributed by atoms with E-state index >= 15 is 0 Å². The maximum Gasteiger partial charge on any atom is 0.252 e. The highest BCUT2D eigenvalue weighted by Gasteiger charge is 2.32. The fourth-order valence-corrected chi connectivity index (χ4v) is 4.81. The number of sulfone groups is 1. The van der Waals surface area contributed by atoms with Gasteiger partial charge in [0.25, 0.3) is 5.91 Å². The Morgan fingerprint density at radius 2 is 2.23 bits per heavy atom. The predicted octanol–water partition coefficient (Wildman–Crippen LogP) is 0.904. The summed E-state index contributed by atoms with van der Waals surface area (Å²) in [6, 6.07) is 1.54. The van der Waals surface area contributed by atoms with Gasteiger partial charge in [-0.05, 0) is 24.3 Å². The molecule has 2 rings (SSSR count). The molecule has 1 fully saturated rings. The van der Waals surface area contributed by atoms with E-state index in [1.54, 1.807) is 18.5 Å². The van der Waals surface area contributed by atoms with Crippen LogP contribution in [0.4, 0.5) is 0 Å². The summed E-state index contributed by atoms with van der Waals surface area (Å²) in [5.41, 5.74) is 0.629. The van der Waals surface area contributed by atoms with Gasteiger partial charge in [0, 0.05) is 37.0 Å². The first-order valence-corrected chi connectivity index (χ1v) is 9.92. The number of carbonyl (C=O) groups excluding carboxylic acids is 2. The van der Waals surface area contributed by atoms with E-state index in [4.69, 9.17) is 0 Å². The highest BCUT2D eigenvalue weighted by atomic mass is 32.2. The van der Waals surface area contributed by atoms with Gasteiger partial charge in [0.05, 0.1) is 11.5 Å². The second kappa shape index (κ2) is 7.23.